The van der Waals surface area contributed by atoms with E-state index in [0.717, 1.165) is 16.3 Å². The van der Waals surface area contributed by atoms with E-state index < -0.39 is 0 Å². The second kappa shape index (κ2) is 9.11. The molecule has 0 aliphatic carbocycles. The van der Waals surface area contributed by atoms with Crippen LogP contribution in [0.25, 0.3) is 0 Å². The van der Waals surface area contributed by atoms with Crippen LogP contribution in [0.3, 0.4) is 0 Å². The minimum atomic E-state index is 0.452. The van der Waals surface area contributed by atoms with Crippen LogP contribution < -0.4 is 10.6 Å². The number of aryl methyl sites for hydroxylation is 1. The van der Waals surface area contributed by atoms with Gasteiger partial charge >= 0.3 is 0 Å². The summed E-state index contributed by atoms with van der Waals surface area (Å²) in [5.41, 5.74) is 4.30. The Kier molecular flexibility index (Phi) is 6.11. The van der Waals surface area contributed by atoms with Crippen molar-refractivity contribution in [1.82, 2.24) is 19.6 Å². The number of nitrogens with zero attached hydrogens (tertiary/aromatic N) is 4. The van der Waals surface area contributed by atoms with Gasteiger partial charge in [-0.15, -0.1) is 0 Å². The van der Waals surface area contributed by atoms with E-state index in [9.17, 15) is 0 Å². The number of hydrogen-bond acceptors (Lipinski definition) is 3. The van der Waals surface area contributed by atoms with E-state index in [2.05, 4.69) is 39.9 Å². The van der Waals surface area contributed by atoms with Crippen molar-refractivity contribution in [2.45, 2.75) is 20.0 Å². The topological polar surface area (TPSA) is 59.7 Å². The molecule has 0 spiro atoms. The van der Waals surface area contributed by atoms with Crippen LogP contribution in [0.15, 0.2) is 73.2 Å². The Labute approximate surface area is 185 Å². The van der Waals surface area contributed by atoms with Gasteiger partial charge in [-0.25, -0.2) is 0 Å². The Hall–Kier alpha value is -3.16. The highest BCUT2D eigenvalue weighted by atomic mass is 35.5. The van der Waals surface area contributed by atoms with Gasteiger partial charge in [0.05, 0.1) is 25.0 Å². The zero-order valence-corrected chi connectivity index (χ0v) is 18.0. The summed E-state index contributed by atoms with van der Waals surface area (Å²) in [6.45, 7) is 3.40. The summed E-state index contributed by atoms with van der Waals surface area (Å²) < 4.78 is 3.69. The summed E-state index contributed by atoms with van der Waals surface area (Å²) in [6, 6.07) is 17.9. The van der Waals surface area contributed by atoms with E-state index in [1.807, 2.05) is 64.2 Å². The standard InChI is InChI=1S/C22H21ClN6S/c1-16-6-2-3-7-17(16)13-29-15-19(12-24-29)25-22(30)26-21-10-11-28(27-21)14-18-8-4-5-9-20(18)23/h2-12,15H,13-14H2,1H3,(H2,25,26,27,30). The predicted molar refractivity (Wildman–Crippen MR) is 125 cm³/mol. The molecule has 0 saturated carbocycles. The zero-order valence-electron chi connectivity index (χ0n) is 16.4. The van der Waals surface area contributed by atoms with E-state index >= 15 is 0 Å². The first-order valence-corrected chi connectivity index (χ1v) is 10.3. The molecule has 30 heavy (non-hydrogen) atoms. The van der Waals surface area contributed by atoms with E-state index in [1.165, 1.54) is 11.1 Å². The maximum Gasteiger partial charge on any atom is 0.176 e. The molecule has 2 aromatic carbocycles. The molecule has 152 valence electrons. The van der Waals surface area contributed by atoms with Gasteiger partial charge in [0.15, 0.2) is 10.9 Å². The number of aromatic nitrogens is 4. The molecular weight excluding hydrogens is 416 g/mol. The molecule has 0 unspecified atom stereocenters. The van der Waals surface area contributed by atoms with Crippen LogP contribution in [0.4, 0.5) is 11.5 Å². The molecule has 0 atom stereocenters. The monoisotopic (exact) mass is 436 g/mol. The van der Waals surface area contributed by atoms with E-state index in [-0.39, 0.29) is 0 Å². The molecule has 0 radical (unpaired) electrons. The second-order valence-corrected chi connectivity index (χ2v) is 7.74. The third kappa shape index (κ3) is 5.06. The lowest BCUT2D eigenvalue weighted by atomic mass is 10.1. The Morgan fingerprint density at radius 2 is 1.70 bits per heavy atom. The van der Waals surface area contributed by atoms with Gasteiger partial charge in [-0.1, -0.05) is 54.1 Å². The van der Waals surface area contributed by atoms with Gasteiger partial charge in [-0.3, -0.25) is 9.36 Å². The van der Waals surface area contributed by atoms with Crippen molar-refractivity contribution in [3.63, 3.8) is 0 Å². The maximum atomic E-state index is 6.22. The summed E-state index contributed by atoms with van der Waals surface area (Å²) in [5, 5.41) is 16.3. The number of benzene rings is 2. The summed E-state index contributed by atoms with van der Waals surface area (Å²) >= 11 is 11.6. The van der Waals surface area contributed by atoms with Crippen LogP contribution in [0.1, 0.15) is 16.7 Å². The average molecular weight is 437 g/mol. The number of anilines is 2. The zero-order chi connectivity index (χ0) is 20.9. The number of halogens is 1. The average Bonchev–Trinajstić information content (AvgIpc) is 3.35. The SMILES string of the molecule is Cc1ccccc1Cn1cc(NC(=S)Nc2ccn(Cc3ccccc3Cl)n2)cn1. The van der Waals surface area contributed by atoms with Crippen molar-refractivity contribution in [3.05, 3.63) is 94.9 Å². The van der Waals surface area contributed by atoms with E-state index in [0.29, 0.717) is 24.0 Å². The first-order chi connectivity index (χ1) is 14.6. The molecule has 0 amide bonds. The fourth-order valence-electron chi connectivity index (χ4n) is 3.07. The van der Waals surface area contributed by atoms with Crippen molar-refractivity contribution in [2.75, 3.05) is 10.6 Å². The van der Waals surface area contributed by atoms with Gasteiger partial charge in [-0.05, 0) is 41.9 Å². The number of rotatable bonds is 6. The molecule has 0 saturated heterocycles. The highest BCUT2D eigenvalue weighted by molar-refractivity contribution is 7.80. The Morgan fingerprint density at radius 3 is 2.50 bits per heavy atom. The molecule has 4 aromatic rings. The lowest BCUT2D eigenvalue weighted by Crippen LogP contribution is -2.19. The Bertz CT molecular complexity index is 1080. The highest BCUT2D eigenvalue weighted by Gasteiger charge is 2.07. The van der Waals surface area contributed by atoms with Gasteiger partial charge in [-0.2, -0.15) is 10.2 Å². The molecule has 0 bridgehead atoms. The third-order valence-electron chi connectivity index (χ3n) is 4.66. The van der Waals surface area contributed by atoms with Crippen molar-refractivity contribution in [3.8, 4) is 0 Å². The van der Waals surface area contributed by atoms with Crippen molar-refractivity contribution in [1.29, 1.82) is 0 Å². The van der Waals surface area contributed by atoms with Crippen LogP contribution in [-0.4, -0.2) is 24.7 Å². The molecular formula is C22H21ClN6S. The van der Waals surface area contributed by atoms with Crippen molar-refractivity contribution >= 4 is 40.4 Å². The molecule has 4 rings (SSSR count). The molecule has 2 N–H and O–H groups in total. The summed E-state index contributed by atoms with van der Waals surface area (Å²) in [6.07, 6.45) is 5.56. The highest BCUT2D eigenvalue weighted by Crippen LogP contribution is 2.17. The van der Waals surface area contributed by atoms with Crippen LogP contribution in [0.5, 0.6) is 0 Å². The fraction of sp³-hybridized carbons (Fsp3) is 0.136. The molecule has 2 aromatic heterocycles. The summed E-state index contributed by atoms with van der Waals surface area (Å²) in [5.74, 6) is 0.659. The van der Waals surface area contributed by atoms with Gasteiger partial charge in [0.2, 0.25) is 0 Å². The second-order valence-electron chi connectivity index (χ2n) is 6.92. The van der Waals surface area contributed by atoms with E-state index in [1.54, 1.807) is 6.20 Å². The van der Waals surface area contributed by atoms with Crippen molar-refractivity contribution in [2.24, 2.45) is 0 Å². The fourth-order valence-corrected chi connectivity index (χ4v) is 3.49. The minimum Gasteiger partial charge on any atom is -0.330 e. The third-order valence-corrected chi connectivity index (χ3v) is 5.23. The predicted octanol–water partition coefficient (Wildman–Crippen LogP) is 4.95. The first kappa shape index (κ1) is 20.1. The molecule has 6 nitrogen and oxygen atoms in total. The smallest absolute Gasteiger partial charge is 0.176 e. The summed E-state index contributed by atoms with van der Waals surface area (Å²) in [7, 11) is 0. The van der Waals surface area contributed by atoms with Crippen LogP contribution >= 0.6 is 23.8 Å². The lowest BCUT2D eigenvalue weighted by molar-refractivity contribution is 0.684. The van der Waals surface area contributed by atoms with Gasteiger partial charge in [0, 0.05) is 23.5 Å². The summed E-state index contributed by atoms with van der Waals surface area (Å²) in [4.78, 5) is 0. The van der Waals surface area contributed by atoms with Crippen molar-refractivity contribution < 1.29 is 0 Å². The molecule has 2 heterocycles. The normalized spacial score (nSPS) is 10.7. The molecule has 0 aliphatic heterocycles. The van der Waals surface area contributed by atoms with Crippen LogP contribution in [0, 0.1) is 6.92 Å². The molecule has 8 heteroatoms. The van der Waals surface area contributed by atoms with E-state index in [4.69, 9.17) is 23.8 Å². The van der Waals surface area contributed by atoms with Crippen LogP contribution in [0.2, 0.25) is 5.02 Å². The van der Waals surface area contributed by atoms with Crippen LogP contribution in [-0.2, 0) is 13.1 Å². The van der Waals surface area contributed by atoms with Gasteiger partial charge in [0.25, 0.3) is 0 Å². The minimum absolute atomic E-state index is 0.452. The lowest BCUT2D eigenvalue weighted by Gasteiger charge is -2.07. The number of hydrogen-bond donors (Lipinski definition) is 2. The number of thiocarbonyl (C=S) groups is 1. The largest absolute Gasteiger partial charge is 0.330 e. The van der Waals surface area contributed by atoms with Gasteiger partial charge in [0.1, 0.15) is 0 Å². The molecule has 0 aliphatic rings. The first-order valence-electron chi connectivity index (χ1n) is 9.48. The van der Waals surface area contributed by atoms with Gasteiger partial charge < -0.3 is 10.6 Å². The maximum absolute atomic E-state index is 6.22. The Morgan fingerprint density at radius 1 is 0.967 bits per heavy atom. The number of nitrogens with one attached hydrogen (secondary N) is 2. The molecule has 0 fully saturated rings. The Balaban J connectivity index is 1.33. The quantitative estimate of drug-likeness (QED) is 0.419.